The number of carbonyl (C=O) groups is 1. The number of ether oxygens (including phenoxy) is 1. The van der Waals surface area contributed by atoms with Crippen LogP contribution in [0.15, 0.2) is 18.2 Å². The molecule has 1 fully saturated rings. The summed E-state index contributed by atoms with van der Waals surface area (Å²) in [6.07, 6.45) is 2.86. The molecule has 0 aliphatic carbocycles. The lowest BCUT2D eigenvalue weighted by Gasteiger charge is -2.32. The van der Waals surface area contributed by atoms with Gasteiger partial charge in [-0.15, -0.1) is 0 Å². The van der Waals surface area contributed by atoms with Gasteiger partial charge in [0.1, 0.15) is 0 Å². The fourth-order valence-corrected chi connectivity index (χ4v) is 4.66. The minimum atomic E-state index is -0.0278. The van der Waals surface area contributed by atoms with Crippen LogP contribution in [0.5, 0.6) is 0 Å². The molecule has 2 aliphatic rings. The molecule has 1 aromatic heterocycles. The van der Waals surface area contributed by atoms with E-state index < -0.39 is 0 Å². The van der Waals surface area contributed by atoms with E-state index in [0.29, 0.717) is 35.1 Å². The molecule has 0 bridgehead atoms. The minimum absolute atomic E-state index is 0.0278. The molecule has 1 amide bonds. The van der Waals surface area contributed by atoms with E-state index in [2.05, 4.69) is 0 Å². The fourth-order valence-electron chi connectivity index (χ4n) is 4.16. The molecule has 2 N–H and O–H groups in total. The highest BCUT2D eigenvalue weighted by atomic mass is 35.5. The quantitative estimate of drug-likeness (QED) is 0.812. The molecule has 2 aliphatic heterocycles. The largest absolute Gasteiger partial charge is 0.376 e. The van der Waals surface area contributed by atoms with Crippen LogP contribution in [0.2, 0.25) is 10.0 Å². The van der Waals surface area contributed by atoms with Crippen LogP contribution in [0.25, 0.3) is 11.1 Å². The molecule has 1 aromatic carbocycles. The normalized spacial score (nSPS) is 19.2. The highest BCUT2D eigenvalue weighted by molar-refractivity contribution is 6.36. The Kier molecular flexibility index (Phi) is 5.61. The first-order valence-electron chi connectivity index (χ1n) is 9.58. The highest BCUT2D eigenvalue weighted by Gasteiger charge is 2.33. The van der Waals surface area contributed by atoms with Crippen molar-refractivity contribution in [2.45, 2.75) is 38.8 Å². The smallest absolute Gasteiger partial charge is 0.256 e. The number of aromatic nitrogens is 1. The number of hydrogen-bond acceptors (Lipinski definition) is 4. The Morgan fingerprint density at radius 3 is 2.82 bits per heavy atom. The van der Waals surface area contributed by atoms with E-state index >= 15 is 0 Å². The maximum Gasteiger partial charge on any atom is 0.256 e. The summed E-state index contributed by atoms with van der Waals surface area (Å²) in [5, 5.41) is 1.05. The molecule has 28 heavy (non-hydrogen) atoms. The first-order chi connectivity index (χ1) is 13.5. The van der Waals surface area contributed by atoms with Gasteiger partial charge >= 0.3 is 0 Å². The Morgan fingerprint density at radius 2 is 2.14 bits per heavy atom. The molecule has 7 heteroatoms. The molecular formula is C21H23Cl2N3O2. The van der Waals surface area contributed by atoms with Crippen LogP contribution in [-0.2, 0) is 17.7 Å². The number of nitrogens with zero attached hydrogens (tertiary/aromatic N) is 2. The maximum atomic E-state index is 13.5. The van der Waals surface area contributed by atoms with E-state index in [4.69, 9.17) is 38.7 Å². The van der Waals surface area contributed by atoms with Gasteiger partial charge in [0.15, 0.2) is 0 Å². The van der Waals surface area contributed by atoms with Gasteiger partial charge in [0.2, 0.25) is 0 Å². The van der Waals surface area contributed by atoms with Crippen molar-refractivity contribution in [2.75, 3.05) is 19.7 Å². The third-order valence-electron chi connectivity index (χ3n) is 5.55. The van der Waals surface area contributed by atoms with E-state index in [1.807, 2.05) is 17.9 Å². The lowest BCUT2D eigenvalue weighted by atomic mass is 9.89. The van der Waals surface area contributed by atoms with Crippen molar-refractivity contribution >= 4 is 29.1 Å². The third-order valence-corrected chi connectivity index (χ3v) is 6.10. The van der Waals surface area contributed by atoms with E-state index in [9.17, 15) is 4.79 Å². The zero-order chi connectivity index (χ0) is 19.8. The molecule has 0 saturated carbocycles. The number of benzene rings is 1. The second-order valence-electron chi connectivity index (χ2n) is 7.34. The first kappa shape index (κ1) is 19.6. The van der Waals surface area contributed by atoms with Gasteiger partial charge in [-0.1, -0.05) is 29.3 Å². The lowest BCUT2D eigenvalue weighted by molar-refractivity contribution is 0.0509. The summed E-state index contributed by atoms with van der Waals surface area (Å²) in [7, 11) is 0. The van der Waals surface area contributed by atoms with Gasteiger partial charge < -0.3 is 15.4 Å². The van der Waals surface area contributed by atoms with Crippen LogP contribution in [0, 0.1) is 6.92 Å². The van der Waals surface area contributed by atoms with Crippen molar-refractivity contribution < 1.29 is 9.53 Å². The number of aryl methyl sites for hydroxylation is 1. The minimum Gasteiger partial charge on any atom is -0.376 e. The topological polar surface area (TPSA) is 68.5 Å². The average Bonchev–Trinajstić information content (AvgIpc) is 3.16. The van der Waals surface area contributed by atoms with E-state index in [-0.39, 0.29) is 18.6 Å². The molecule has 2 aromatic rings. The number of nitrogens with two attached hydrogens (primary N) is 1. The molecule has 3 heterocycles. The van der Waals surface area contributed by atoms with Gasteiger partial charge in [0.25, 0.3) is 5.91 Å². The van der Waals surface area contributed by atoms with Crippen LogP contribution >= 0.6 is 23.2 Å². The molecular weight excluding hydrogens is 397 g/mol. The second-order valence-corrected chi connectivity index (χ2v) is 8.18. The summed E-state index contributed by atoms with van der Waals surface area (Å²) in [5.41, 5.74) is 10.7. The van der Waals surface area contributed by atoms with E-state index in [1.165, 1.54) is 0 Å². The van der Waals surface area contributed by atoms with E-state index in [1.54, 1.807) is 12.1 Å². The standard InChI is InChI=1S/C21H23Cl2N3O2/c1-12-16(10-24)19(15-5-4-13(22)9-17(15)23)20-18(25-12)6-7-26(21(20)27)11-14-3-2-8-28-14/h4-5,9,14H,2-3,6-8,10-11,24H2,1H3. The number of rotatable bonds is 4. The zero-order valence-electron chi connectivity index (χ0n) is 15.8. The lowest BCUT2D eigenvalue weighted by Crippen LogP contribution is -2.43. The van der Waals surface area contributed by atoms with Crippen molar-refractivity contribution in [3.05, 3.63) is 50.8 Å². The van der Waals surface area contributed by atoms with Crippen LogP contribution in [0.1, 0.15) is 40.2 Å². The zero-order valence-corrected chi connectivity index (χ0v) is 17.3. The summed E-state index contributed by atoms with van der Waals surface area (Å²) < 4.78 is 5.74. The molecule has 1 unspecified atom stereocenters. The number of carbonyl (C=O) groups excluding carboxylic acids is 1. The molecule has 1 atom stereocenters. The summed E-state index contributed by atoms with van der Waals surface area (Å²) >= 11 is 12.6. The van der Waals surface area contributed by atoms with Crippen LogP contribution in [0.3, 0.4) is 0 Å². The number of hydrogen-bond donors (Lipinski definition) is 1. The molecule has 0 spiro atoms. The first-order valence-corrected chi connectivity index (χ1v) is 10.3. The Morgan fingerprint density at radius 1 is 1.32 bits per heavy atom. The Hall–Kier alpha value is -1.66. The van der Waals surface area contributed by atoms with Gasteiger partial charge in [0, 0.05) is 59.5 Å². The highest BCUT2D eigenvalue weighted by Crippen LogP contribution is 2.39. The Labute approximate surface area is 174 Å². The number of pyridine rings is 1. The van der Waals surface area contributed by atoms with Crippen molar-refractivity contribution in [3.8, 4) is 11.1 Å². The van der Waals surface area contributed by atoms with Crippen molar-refractivity contribution in [1.29, 1.82) is 0 Å². The molecule has 4 rings (SSSR count). The van der Waals surface area contributed by atoms with Crippen molar-refractivity contribution in [2.24, 2.45) is 5.73 Å². The van der Waals surface area contributed by atoms with Gasteiger partial charge in [-0.2, -0.15) is 0 Å². The Balaban J connectivity index is 1.84. The summed E-state index contributed by atoms with van der Waals surface area (Å²) in [5.74, 6) is -0.0278. The molecule has 1 saturated heterocycles. The van der Waals surface area contributed by atoms with E-state index in [0.717, 1.165) is 47.5 Å². The molecule has 5 nitrogen and oxygen atoms in total. The van der Waals surface area contributed by atoms with Crippen LogP contribution in [0.4, 0.5) is 0 Å². The maximum absolute atomic E-state index is 13.5. The van der Waals surface area contributed by atoms with Crippen molar-refractivity contribution in [1.82, 2.24) is 9.88 Å². The van der Waals surface area contributed by atoms with Gasteiger partial charge in [-0.05, 0) is 37.5 Å². The second kappa shape index (κ2) is 7.99. The fraction of sp³-hybridized carbons (Fsp3) is 0.429. The SMILES string of the molecule is Cc1nc2c(c(-c3ccc(Cl)cc3Cl)c1CN)C(=O)N(CC1CCCO1)CC2. The monoisotopic (exact) mass is 419 g/mol. The molecule has 148 valence electrons. The number of halogens is 2. The van der Waals surface area contributed by atoms with Gasteiger partial charge in [0.05, 0.1) is 17.4 Å². The van der Waals surface area contributed by atoms with Crippen LogP contribution in [-0.4, -0.2) is 41.6 Å². The predicted octanol–water partition coefficient (Wildman–Crippen LogP) is 4.00. The van der Waals surface area contributed by atoms with Crippen LogP contribution < -0.4 is 5.73 Å². The van der Waals surface area contributed by atoms with Gasteiger partial charge in [-0.25, -0.2) is 0 Å². The summed E-state index contributed by atoms with van der Waals surface area (Å²) in [6.45, 7) is 4.23. The Bertz CT molecular complexity index is 926. The third kappa shape index (κ3) is 3.52. The summed E-state index contributed by atoms with van der Waals surface area (Å²) in [4.78, 5) is 20.1. The van der Waals surface area contributed by atoms with Crippen molar-refractivity contribution in [3.63, 3.8) is 0 Å². The molecule has 0 radical (unpaired) electrons. The number of amides is 1. The van der Waals surface area contributed by atoms with Gasteiger partial charge in [-0.3, -0.25) is 9.78 Å². The summed E-state index contributed by atoms with van der Waals surface area (Å²) in [6, 6.07) is 5.33. The average molecular weight is 420 g/mol. The predicted molar refractivity (Wildman–Crippen MR) is 111 cm³/mol. The number of fused-ring (bicyclic) bond motifs is 1.